The lowest BCUT2D eigenvalue weighted by Crippen LogP contribution is -2.13. The van der Waals surface area contributed by atoms with E-state index in [1.165, 1.54) is 5.56 Å². The van der Waals surface area contributed by atoms with Crippen molar-refractivity contribution in [2.45, 2.75) is 6.54 Å². The summed E-state index contributed by atoms with van der Waals surface area (Å²) >= 11 is 0. The minimum Gasteiger partial charge on any atom is -0.480 e. The highest BCUT2D eigenvalue weighted by Gasteiger charge is 1.98. The van der Waals surface area contributed by atoms with E-state index < -0.39 is 5.97 Å². The average molecular weight is 208 g/mol. The SMILES string of the molecule is CN(C)Cc1ccc(NCC(=O)O)cc1. The molecule has 0 heterocycles. The third kappa shape index (κ3) is 4.46. The van der Waals surface area contributed by atoms with Gasteiger partial charge in [0.05, 0.1) is 0 Å². The average Bonchev–Trinajstić information content (AvgIpc) is 2.16. The number of hydrogen-bond acceptors (Lipinski definition) is 3. The van der Waals surface area contributed by atoms with Gasteiger partial charge < -0.3 is 15.3 Å². The molecule has 82 valence electrons. The fourth-order valence-corrected chi connectivity index (χ4v) is 1.27. The van der Waals surface area contributed by atoms with Crippen LogP contribution in [0.2, 0.25) is 0 Å². The summed E-state index contributed by atoms with van der Waals surface area (Å²) in [5, 5.41) is 11.3. The van der Waals surface area contributed by atoms with Gasteiger partial charge in [0.2, 0.25) is 0 Å². The standard InChI is InChI=1S/C11H16N2O2/c1-13(2)8-9-3-5-10(6-4-9)12-7-11(14)15/h3-6,12H,7-8H2,1-2H3,(H,14,15). The highest BCUT2D eigenvalue weighted by Crippen LogP contribution is 2.10. The second kappa shape index (κ2) is 5.36. The van der Waals surface area contributed by atoms with Crippen molar-refractivity contribution < 1.29 is 9.90 Å². The number of carbonyl (C=O) groups is 1. The maximum atomic E-state index is 10.3. The van der Waals surface area contributed by atoms with Gasteiger partial charge in [-0.15, -0.1) is 0 Å². The number of benzene rings is 1. The molecule has 0 fully saturated rings. The fourth-order valence-electron chi connectivity index (χ4n) is 1.27. The predicted octanol–water partition coefficient (Wildman–Crippen LogP) is 1.24. The zero-order chi connectivity index (χ0) is 11.3. The Balaban J connectivity index is 2.52. The molecule has 15 heavy (non-hydrogen) atoms. The predicted molar refractivity (Wildman–Crippen MR) is 60.0 cm³/mol. The summed E-state index contributed by atoms with van der Waals surface area (Å²) in [6, 6.07) is 7.76. The summed E-state index contributed by atoms with van der Waals surface area (Å²) in [5.74, 6) is -0.854. The quantitative estimate of drug-likeness (QED) is 0.764. The molecule has 0 saturated carbocycles. The van der Waals surface area contributed by atoms with Crippen LogP contribution >= 0.6 is 0 Å². The molecule has 4 nitrogen and oxygen atoms in total. The Bertz CT molecular complexity index is 320. The molecule has 0 spiro atoms. The Labute approximate surface area is 89.5 Å². The molecular weight excluding hydrogens is 192 g/mol. The van der Waals surface area contributed by atoms with E-state index in [1.54, 1.807) is 0 Å². The first-order valence-corrected chi connectivity index (χ1v) is 4.77. The van der Waals surface area contributed by atoms with Gasteiger partial charge in [-0.1, -0.05) is 12.1 Å². The normalized spacial score (nSPS) is 10.3. The van der Waals surface area contributed by atoms with Crippen LogP contribution in [0.5, 0.6) is 0 Å². The number of aliphatic carboxylic acids is 1. The van der Waals surface area contributed by atoms with E-state index in [-0.39, 0.29) is 6.54 Å². The number of rotatable bonds is 5. The molecule has 0 radical (unpaired) electrons. The first-order chi connectivity index (χ1) is 7.08. The summed E-state index contributed by atoms with van der Waals surface area (Å²) < 4.78 is 0. The first-order valence-electron chi connectivity index (χ1n) is 4.77. The van der Waals surface area contributed by atoms with Gasteiger partial charge in [0, 0.05) is 12.2 Å². The van der Waals surface area contributed by atoms with Crippen LogP contribution in [0.3, 0.4) is 0 Å². The Morgan fingerprint density at radius 2 is 1.93 bits per heavy atom. The molecule has 0 aliphatic rings. The van der Waals surface area contributed by atoms with Gasteiger partial charge >= 0.3 is 5.97 Å². The second-order valence-electron chi connectivity index (χ2n) is 3.68. The van der Waals surface area contributed by atoms with Gasteiger partial charge in [0.1, 0.15) is 6.54 Å². The van der Waals surface area contributed by atoms with Crippen molar-refractivity contribution in [2.75, 3.05) is 26.0 Å². The lowest BCUT2D eigenvalue weighted by atomic mass is 10.2. The van der Waals surface area contributed by atoms with Crippen molar-refractivity contribution in [3.8, 4) is 0 Å². The molecule has 0 saturated heterocycles. The summed E-state index contributed by atoms with van der Waals surface area (Å²) in [7, 11) is 4.02. The maximum Gasteiger partial charge on any atom is 0.322 e. The number of nitrogens with zero attached hydrogens (tertiary/aromatic N) is 1. The molecule has 0 amide bonds. The van der Waals surface area contributed by atoms with E-state index in [9.17, 15) is 4.79 Å². The summed E-state index contributed by atoms with van der Waals surface area (Å²) in [6.07, 6.45) is 0. The van der Waals surface area contributed by atoms with Gasteiger partial charge in [-0.05, 0) is 31.8 Å². The lowest BCUT2D eigenvalue weighted by Gasteiger charge is -2.10. The third-order valence-corrected chi connectivity index (χ3v) is 1.90. The van der Waals surface area contributed by atoms with Gasteiger partial charge in [0.25, 0.3) is 0 Å². The van der Waals surface area contributed by atoms with E-state index in [1.807, 2.05) is 38.4 Å². The smallest absolute Gasteiger partial charge is 0.322 e. The highest BCUT2D eigenvalue weighted by molar-refractivity contribution is 5.72. The van der Waals surface area contributed by atoms with Crippen LogP contribution in [-0.2, 0) is 11.3 Å². The third-order valence-electron chi connectivity index (χ3n) is 1.90. The van der Waals surface area contributed by atoms with Crippen LogP contribution in [0, 0.1) is 0 Å². The van der Waals surface area contributed by atoms with Crippen molar-refractivity contribution in [3.05, 3.63) is 29.8 Å². The maximum absolute atomic E-state index is 10.3. The van der Waals surface area contributed by atoms with Crippen molar-refractivity contribution in [1.82, 2.24) is 4.90 Å². The first kappa shape index (κ1) is 11.5. The van der Waals surface area contributed by atoms with E-state index in [2.05, 4.69) is 10.2 Å². The van der Waals surface area contributed by atoms with Crippen LogP contribution in [0.15, 0.2) is 24.3 Å². The van der Waals surface area contributed by atoms with Crippen molar-refractivity contribution in [3.63, 3.8) is 0 Å². The Hall–Kier alpha value is -1.55. The van der Waals surface area contributed by atoms with Crippen LogP contribution in [0.25, 0.3) is 0 Å². The van der Waals surface area contributed by atoms with Crippen LogP contribution < -0.4 is 5.32 Å². The molecule has 0 aliphatic carbocycles. The molecule has 1 aromatic carbocycles. The summed E-state index contributed by atoms with van der Waals surface area (Å²) in [6.45, 7) is 0.840. The van der Waals surface area contributed by atoms with Gasteiger partial charge in [-0.3, -0.25) is 4.79 Å². The van der Waals surface area contributed by atoms with Gasteiger partial charge in [-0.2, -0.15) is 0 Å². The number of anilines is 1. The zero-order valence-corrected chi connectivity index (χ0v) is 9.03. The lowest BCUT2D eigenvalue weighted by molar-refractivity contribution is -0.134. The van der Waals surface area contributed by atoms with Crippen LogP contribution in [0.1, 0.15) is 5.56 Å². The number of nitrogens with one attached hydrogen (secondary N) is 1. The highest BCUT2D eigenvalue weighted by atomic mass is 16.4. The van der Waals surface area contributed by atoms with Gasteiger partial charge in [0.15, 0.2) is 0 Å². The number of carboxylic acid groups (broad SMARTS) is 1. The Kier molecular flexibility index (Phi) is 4.12. The molecule has 0 aliphatic heterocycles. The van der Waals surface area contributed by atoms with Crippen molar-refractivity contribution in [1.29, 1.82) is 0 Å². The number of hydrogen-bond donors (Lipinski definition) is 2. The Morgan fingerprint density at radius 1 is 1.33 bits per heavy atom. The second-order valence-corrected chi connectivity index (χ2v) is 3.68. The van der Waals surface area contributed by atoms with Crippen molar-refractivity contribution >= 4 is 11.7 Å². The molecule has 0 bridgehead atoms. The largest absolute Gasteiger partial charge is 0.480 e. The molecule has 4 heteroatoms. The van der Waals surface area contributed by atoms with Crippen molar-refractivity contribution in [2.24, 2.45) is 0 Å². The molecule has 0 aromatic heterocycles. The molecule has 1 rings (SSSR count). The minimum absolute atomic E-state index is 0.0486. The van der Waals surface area contributed by atoms with Crippen LogP contribution in [0.4, 0.5) is 5.69 Å². The van der Waals surface area contributed by atoms with E-state index in [0.717, 1.165) is 12.2 Å². The topological polar surface area (TPSA) is 52.6 Å². The van der Waals surface area contributed by atoms with E-state index in [4.69, 9.17) is 5.11 Å². The molecule has 1 aromatic rings. The van der Waals surface area contributed by atoms with E-state index in [0.29, 0.717) is 0 Å². The zero-order valence-electron chi connectivity index (χ0n) is 9.03. The Morgan fingerprint density at radius 3 is 2.40 bits per heavy atom. The van der Waals surface area contributed by atoms with Gasteiger partial charge in [-0.25, -0.2) is 0 Å². The summed E-state index contributed by atoms with van der Waals surface area (Å²) in [5.41, 5.74) is 2.04. The monoisotopic (exact) mass is 208 g/mol. The van der Waals surface area contributed by atoms with Crippen LogP contribution in [-0.4, -0.2) is 36.6 Å². The molecular formula is C11H16N2O2. The minimum atomic E-state index is -0.854. The number of carboxylic acids is 1. The summed E-state index contributed by atoms with van der Waals surface area (Å²) in [4.78, 5) is 12.4. The molecule has 0 atom stereocenters. The van der Waals surface area contributed by atoms with E-state index >= 15 is 0 Å². The molecule has 2 N–H and O–H groups in total. The molecule has 0 unspecified atom stereocenters. The fraction of sp³-hybridized carbons (Fsp3) is 0.364.